The first-order chi connectivity index (χ1) is 7.13. The SMILES string of the molecule is CCC1CCCCC1NC(C)(C)C1CC1. The van der Waals surface area contributed by atoms with Crippen molar-refractivity contribution in [2.45, 2.75) is 77.3 Å². The highest BCUT2D eigenvalue weighted by Crippen LogP contribution is 2.40. The van der Waals surface area contributed by atoms with Gasteiger partial charge in [0.05, 0.1) is 0 Å². The van der Waals surface area contributed by atoms with Crippen molar-refractivity contribution in [3.8, 4) is 0 Å². The fraction of sp³-hybridized carbons (Fsp3) is 1.00. The van der Waals surface area contributed by atoms with Gasteiger partial charge < -0.3 is 5.32 Å². The fourth-order valence-electron chi connectivity index (χ4n) is 3.29. The minimum absolute atomic E-state index is 0.398. The van der Waals surface area contributed by atoms with Crippen molar-refractivity contribution < 1.29 is 0 Å². The van der Waals surface area contributed by atoms with E-state index in [-0.39, 0.29) is 0 Å². The summed E-state index contributed by atoms with van der Waals surface area (Å²) in [5, 5.41) is 3.96. The van der Waals surface area contributed by atoms with Gasteiger partial charge in [-0.1, -0.05) is 26.2 Å². The van der Waals surface area contributed by atoms with Crippen molar-refractivity contribution in [3.63, 3.8) is 0 Å². The highest BCUT2D eigenvalue weighted by Gasteiger charge is 2.40. The van der Waals surface area contributed by atoms with E-state index in [2.05, 4.69) is 26.1 Å². The Hall–Kier alpha value is -0.0400. The van der Waals surface area contributed by atoms with Gasteiger partial charge in [0.1, 0.15) is 0 Å². The van der Waals surface area contributed by atoms with Gasteiger partial charge in [0.2, 0.25) is 0 Å². The minimum Gasteiger partial charge on any atom is -0.308 e. The van der Waals surface area contributed by atoms with E-state index in [1.807, 2.05) is 0 Å². The highest BCUT2D eigenvalue weighted by atomic mass is 15.0. The molecule has 0 aliphatic heterocycles. The van der Waals surface area contributed by atoms with Crippen LogP contribution in [0.4, 0.5) is 0 Å². The van der Waals surface area contributed by atoms with Crippen molar-refractivity contribution in [2.75, 3.05) is 0 Å². The van der Waals surface area contributed by atoms with Gasteiger partial charge in [0.25, 0.3) is 0 Å². The lowest BCUT2D eigenvalue weighted by molar-refractivity contribution is 0.192. The third-order valence-electron chi connectivity index (χ3n) is 4.59. The van der Waals surface area contributed by atoms with Crippen molar-refractivity contribution in [1.82, 2.24) is 5.32 Å². The molecular weight excluding hydrogens is 182 g/mol. The molecule has 88 valence electrons. The molecule has 2 fully saturated rings. The second-order valence-electron chi connectivity index (χ2n) is 6.20. The van der Waals surface area contributed by atoms with Crippen LogP contribution in [-0.2, 0) is 0 Å². The number of nitrogens with one attached hydrogen (secondary N) is 1. The fourth-order valence-corrected chi connectivity index (χ4v) is 3.29. The third kappa shape index (κ3) is 2.75. The summed E-state index contributed by atoms with van der Waals surface area (Å²) in [7, 11) is 0. The van der Waals surface area contributed by atoms with Crippen LogP contribution in [0.3, 0.4) is 0 Å². The van der Waals surface area contributed by atoms with E-state index in [4.69, 9.17) is 0 Å². The average Bonchev–Trinajstić information content (AvgIpc) is 3.01. The van der Waals surface area contributed by atoms with Crippen molar-refractivity contribution >= 4 is 0 Å². The van der Waals surface area contributed by atoms with Gasteiger partial charge >= 0.3 is 0 Å². The zero-order chi connectivity index (χ0) is 10.9. The molecule has 0 aromatic carbocycles. The van der Waals surface area contributed by atoms with E-state index in [0.29, 0.717) is 5.54 Å². The molecule has 0 heterocycles. The second kappa shape index (κ2) is 4.45. The van der Waals surface area contributed by atoms with Crippen LogP contribution >= 0.6 is 0 Å². The molecule has 1 heteroatoms. The molecule has 0 radical (unpaired) electrons. The molecule has 1 nitrogen and oxygen atoms in total. The zero-order valence-corrected chi connectivity index (χ0v) is 10.7. The molecule has 0 spiro atoms. The van der Waals surface area contributed by atoms with Crippen LogP contribution < -0.4 is 5.32 Å². The Bertz CT molecular complexity index is 205. The van der Waals surface area contributed by atoms with Crippen LogP contribution in [0.25, 0.3) is 0 Å². The highest BCUT2D eigenvalue weighted by molar-refractivity contribution is 4.97. The summed E-state index contributed by atoms with van der Waals surface area (Å²) in [6.07, 6.45) is 10.0. The van der Waals surface area contributed by atoms with E-state index in [9.17, 15) is 0 Å². The molecule has 0 saturated heterocycles. The third-order valence-corrected chi connectivity index (χ3v) is 4.59. The minimum atomic E-state index is 0.398. The monoisotopic (exact) mass is 209 g/mol. The van der Waals surface area contributed by atoms with Crippen molar-refractivity contribution in [2.24, 2.45) is 11.8 Å². The first-order valence-corrected chi connectivity index (χ1v) is 6.91. The molecule has 2 aliphatic rings. The van der Waals surface area contributed by atoms with Gasteiger partial charge in [0.15, 0.2) is 0 Å². The zero-order valence-electron chi connectivity index (χ0n) is 10.7. The Labute approximate surface area is 95.0 Å². The summed E-state index contributed by atoms with van der Waals surface area (Å²) >= 11 is 0. The molecule has 2 rings (SSSR count). The Morgan fingerprint density at radius 1 is 1.07 bits per heavy atom. The second-order valence-corrected chi connectivity index (χ2v) is 6.20. The molecule has 15 heavy (non-hydrogen) atoms. The summed E-state index contributed by atoms with van der Waals surface area (Å²) in [4.78, 5) is 0. The van der Waals surface area contributed by atoms with Gasteiger partial charge in [-0.2, -0.15) is 0 Å². The lowest BCUT2D eigenvalue weighted by Gasteiger charge is -2.39. The molecule has 0 aromatic rings. The predicted octanol–water partition coefficient (Wildman–Crippen LogP) is 3.73. The molecule has 2 saturated carbocycles. The molecule has 2 aliphatic carbocycles. The lowest BCUT2D eigenvalue weighted by atomic mass is 9.81. The largest absolute Gasteiger partial charge is 0.308 e. The standard InChI is InChI=1S/C14H27N/c1-4-11-7-5-6-8-13(11)15-14(2,3)12-9-10-12/h11-13,15H,4-10H2,1-3H3. The summed E-state index contributed by atoms with van der Waals surface area (Å²) in [6.45, 7) is 7.17. The molecular formula is C14H27N. The Morgan fingerprint density at radius 3 is 2.33 bits per heavy atom. The van der Waals surface area contributed by atoms with E-state index < -0.39 is 0 Å². The summed E-state index contributed by atoms with van der Waals surface area (Å²) in [6, 6.07) is 0.805. The maximum absolute atomic E-state index is 3.96. The normalized spacial score (nSPS) is 33.0. The van der Waals surface area contributed by atoms with Crippen LogP contribution in [-0.4, -0.2) is 11.6 Å². The maximum Gasteiger partial charge on any atom is 0.0156 e. The quantitative estimate of drug-likeness (QED) is 0.744. The first-order valence-electron chi connectivity index (χ1n) is 6.91. The number of rotatable bonds is 4. The van der Waals surface area contributed by atoms with Crippen LogP contribution in [0.1, 0.15) is 65.7 Å². The molecule has 1 N–H and O–H groups in total. The van der Waals surface area contributed by atoms with Crippen molar-refractivity contribution in [3.05, 3.63) is 0 Å². The van der Waals surface area contributed by atoms with E-state index in [1.54, 1.807) is 0 Å². The van der Waals surface area contributed by atoms with Gasteiger partial charge in [-0.25, -0.2) is 0 Å². The van der Waals surface area contributed by atoms with Gasteiger partial charge in [0, 0.05) is 11.6 Å². The van der Waals surface area contributed by atoms with Crippen LogP contribution in [0, 0.1) is 11.8 Å². The number of hydrogen-bond acceptors (Lipinski definition) is 1. The van der Waals surface area contributed by atoms with E-state index in [0.717, 1.165) is 17.9 Å². The topological polar surface area (TPSA) is 12.0 Å². The Kier molecular flexibility index (Phi) is 3.39. The number of hydrogen-bond donors (Lipinski definition) is 1. The molecule has 2 atom stereocenters. The summed E-state index contributed by atoms with van der Waals surface area (Å²) in [5.41, 5.74) is 0.398. The van der Waals surface area contributed by atoms with Crippen LogP contribution in [0.15, 0.2) is 0 Å². The van der Waals surface area contributed by atoms with Crippen LogP contribution in [0.5, 0.6) is 0 Å². The molecule has 0 aromatic heterocycles. The summed E-state index contributed by atoms with van der Waals surface area (Å²) < 4.78 is 0. The molecule has 0 bridgehead atoms. The first kappa shape index (κ1) is 11.4. The predicted molar refractivity (Wildman–Crippen MR) is 66.0 cm³/mol. The lowest BCUT2D eigenvalue weighted by Crippen LogP contribution is -2.51. The smallest absolute Gasteiger partial charge is 0.0156 e. The van der Waals surface area contributed by atoms with Crippen LogP contribution in [0.2, 0.25) is 0 Å². The van der Waals surface area contributed by atoms with E-state index >= 15 is 0 Å². The Morgan fingerprint density at radius 2 is 1.73 bits per heavy atom. The van der Waals surface area contributed by atoms with Gasteiger partial charge in [-0.3, -0.25) is 0 Å². The van der Waals surface area contributed by atoms with E-state index in [1.165, 1.54) is 44.9 Å². The molecule has 0 amide bonds. The van der Waals surface area contributed by atoms with Crippen molar-refractivity contribution in [1.29, 1.82) is 0 Å². The molecule has 2 unspecified atom stereocenters. The summed E-state index contributed by atoms with van der Waals surface area (Å²) in [5.74, 6) is 1.90. The average molecular weight is 209 g/mol. The van der Waals surface area contributed by atoms with Gasteiger partial charge in [-0.05, 0) is 51.4 Å². The van der Waals surface area contributed by atoms with Gasteiger partial charge in [-0.15, -0.1) is 0 Å². The Balaban J connectivity index is 1.90. The maximum atomic E-state index is 3.96.